The largest absolute Gasteiger partial charge is 0.495 e. The Balaban J connectivity index is 1.85. The summed E-state index contributed by atoms with van der Waals surface area (Å²) < 4.78 is 19.0. The number of amidine groups is 1. The van der Waals surface area contributed by atoms with Crippen molar-refractivity contribution >= 4 is 22.7 Å². The summed E-state index contributed by atoms with van der Waals surface area (Å²) in [5, 5.41) is 0.432. The van der Waals surface area contributed by atoms with Gasteiger partial charge in [-0.2, -0.15) is 0 Å². The van der Waals surface area contributed by atoms with Gasteiger partial charge in [0, 0.05) is 25.1 Å². The number of carbonyl (C=O) groups excluding carboxylic acids is 1. The number of methoxy groups -OCH3 is 1. The second-order valence-electron chi connectivity index (χ2n) is 6.40. The molecule has 2 aromatic heterocycles. The zero-order valence-electron chi connectivity index (χ0n) is 15.0. The second kappa shape index (κ2) is 7.48. The van der Waals surface area contributed by atoms with Crippen molar-refractivity contribution in [2.24, 2.45) is 10.7 Å². The molecule has 0 saturated heterocycles. The minimum atomic E-state index is -0.710. The van der Waals surface area contributed by atoms with E-state index in [1.807, 2.05) is 6.92 Å². The molecule has 2 N–H and O–H groups in total. The van der Waals surface area contributed by atoms with Gasteiger partial charge in [0.15, 0.2) is 16.8 Å². The SMILES string of the molecule is C=C1C[C@@](C)(c2cc(CC(=O)c3ncc(OC)cc3F)ccn2)N=C(N)S1. The fourth-order valence-electron chi connectivity index (χ4n) is 2.91. The molecule has 8 heteroatoms. The van der Waals surface area contributed by atoms with Crippen LogP contribution in [-0.4, -0.2) is 28.0 Å². The first-order valence-electron chi connectivity index (χ1n) is 8.20. The van der Waals surface area contributed by atoms with E-state index < -0.39 is 17.1 Å². The predicted molar refractivity (Wildman–Crippen MR) is 103 cm³/mol. The van der Waals surface area contributed by atoms with Gasteiger partial charge in [0.2, 0.25) is 0 Å². The summed E-state index contributed by atoms with van der Waals surface area (Å²) >= 11 is 1.35. The van der Waals surface area contributed by atoms with Crippen LogP contribution in [0.25, 0.3) is 0 Å². The van der Waals surface area contributed by atoms with E-state index in [9.17, 15) is 9.18 Å². The monoisotopic (exact) mass is 386 g/mol. The third-order valence-electron chi connectivity index (χ3n) is 4.20. The van der Waals surface area contributed by atoms with E-state index in [1.54, 1.807) is 18.3 Å². The number of hydrogen-bond donors (Lipinski definition) is 1. The van der Waals surface area contributed by atoms with Gasteiger partial charge < -0.3 is 10.5 Å². The molecule has 0 amide bonds. The van der Waals surface area contributed by atoms with Gasteiger partial charge in [0.25, 0.3) is 0 Å². The van der Waals surface area contributed by atoms with Crippen LogP contribution >= 0.6 is 11.8 Å². The third kappa shape index (κ3) is 4.16. The highest BCUT2D eigenvalue weighted by atomic mass is 32.2. The maximum Gasteiger partial charge on any atom is 0.188 e. The van der Waals surface area contributed by atoms with E-state index in [4.69, 9.17) is 10.5 Å². The van der Waals surface area contributed by atoms with Crippen molar-refractivity contribution in [2.45, 2.75) is 25.3 Å². The van der Waals surface area contributed by atoms with Crippen LogP contribution in [0, 0.1) is 5.82 Å². The van der Waals surface area contributed by atoms with E-state index in [0.717, 1.165) is 11.0 Å². The van der Waals surface area contributed by atoms with Crippen LogP contribution in [0.5, 0.6) is 5.75 Å². The molecule has 0 radical (unpaired) electrons. The number of aromatic nitrogens is 2. The Morgan fingerprint density at radius 2 is 2.22 bits per heavy atom. The van der Waals surface area contributed by atoms with Crippen molar-refractivity contribution < 1.29 is 13.9 Å². The number of ketones is 1. The highest BCUT2D eigenvalue weighted by Crippen LogP contribution is 2.39. The van der Waals surface area contributed by atoms with E-state index >= 15 is 0 Å². The topological polar surface area (TPSA) is 90.5 Å². The summed E-state index contributed by atoms with van der Waals surface area (Å²) in [5.74, 6) is -0.878. The molecule has 0 unspecified atom stereocenters. The minimum absolute atomic E-state index is 0.00323. The Labute approximate surface area is 160 Å². The number of hydrogen-bond acceptors (Lipinski definition) is 7. The first kappa shape index (κ1) is 19.0. The van der Waals surface area contributed by atoms with E-state index in [0.29, 0.717) is 22.8 Å². The van der Waals surface area contributed by atoms with Crippen molar-refractivity contribution in [1.29, 1.82) is 0 Å². The van der Waals surface area contributed by atoms with Crippen molar-refractivity contribution in [2.75, 3.05) is 7.11 Å². The molecule has 1 aliphatic heterocycles. The van der Waals surface area contributed by atoms with Crippen LogP contribution < -0.4 is 10.5 Å². The molecule has 0 aromatic carbocycles. The van der Waals surface area contributed by atoms with Gasteiger partial charge in [-0.25, -0.2) is 14.4 Å². The van der Waals surface area contributed by atoms with Gasteiger partial charge in [-0.1, -0.05) is 18.3 Å². The first-order chi connectivity index (χ1) is 12.8. The molecule has 27 heavy (non-hydrogen) atoms. The number of nitrogens with two attached hydrogens (primary N) is 1. The minimum Gasteiger partial charge on any atom is -0.495 e. The van der Waals surface area contributed by atoms with Gasteiger partial charge in [0.05, 0.1) is 19.0 Å². The molecule has 6 nitrogen and oxygen atoms in total. The summed E-state index contributed by atoms with van der Waals surface area (Å²) in [5.41, 5.74) is 6.40. The van der Waals surface area contributed by atoms with Crippen LogP contribution in [0.4, 0.5) is 4.39 Å². The summed E-state index contributed by atoms with van der Waals surface area (Å²) in [7, 11) is 1.41. The molecule has 2 aromatic rings. The fraction of sp³-hybridized carbons (Fsp3) is 0.263. The third-order valence-corrected chi connectivity index (χ3v) is 4.94. The quantitative estimate of drug-likeness (QED) is 0.794. The van der Waals surface area contributed by atoms with Crippen molar-refractivity contribution in [1.82, 2.24) is 9.97 Å². The summed E-state index contributed by atoms with van der Waals surface area (Å²) in [6.45, 7) is 5.90. The zero-order valence-corrected chi connectivity index (χ0v) is 15.8. The number of halogens is 1. The molecule has 0 spiro atoms. The lowest BCUT2D eigenvalue weighted by atomic mass is 9.92. The van der Waals surface area contributed by atoms with Gasteiger partial charge in [-0.15, -0.1) is 0 Å². The lowest BCUT2D eigenvalue weighted by molar-refractivity contribution is 0.0983. The lowest BCUT2D eigenvalue weighted by Gasteiger charge is -2.30. The fourth-order valence-corrected chi connectivity index (χ4v) is 3.80. The second-order valence-corrected chi connectivity index (χ2v) is 7.60. The van der Waals surface area contributed by atoms with Crippen molar-refractivity contribution in [3.8, 4) is 5.75 Å². The maximum atomic E-state index is 14.1. The summed E-state index contributed by atoms with van der Waals surface area (Å²) in [6, 6.07) is 4.65. The summed E-state index contributed by atoms with van der Waals surface area (Å²) in [4.78, 5) is 26.2. The number of Topliss-reactive ketones (excluding diaryl/α,β-unsaturated/α-hetero) is 1. The van der Waals surface area contributed by atoms with Crippen LogP contribution in [0.3, 0.4) is 0 Å². The average molecular weight is 386 g/mol. The number of thioether (sulfide) groups is 1. The molecule has 0 aliphatic carbocycles. The van der Waals surface area contributed by atoms with E-state index in [-0.39, 0.29) is 17.9 Å². The number of pyridine rings is 2. The lowest BCUT2D eigenvalue weighted by Crippen LogP contribution is -2.28. The van der Waals surface area contributed by atoms with Crippen molar-refractivity contribution in [3.05, 3.63) is 64.8 Å². The molecule has 3 heterocycles. The molecule has 0 bridgehead atoms. The van der Waals surface area contributed by atoms with Crippen LogP contribution in [0.15, 0.2) is 47.1 Å². The van der Waals surface area contributed by atoms with Crippen LogP contribution in [0.1, 0.15) is 35.1 Å². The van der Waals surface area contributed by atoms with Crippen molar-refractivity contribution in [3.63, 3.8) is 0 Å². The van der Waals surface area contributed by atoms with Gasteiger partial charge in [-0.05, 0) is 29.5 Å². The van der Waals surface area contributed by atoms with Crippen LogP contribution in [0.2, 0.25) is 0 Å². The highest BCUT2D eigenvalue weighted by Gasteiger charge is 2.33. The average Bonchev–Trinajstić information content (AvgIpc) is 2.60. The Morgan fingerprint density at radius 1 is 1.44 bits per heavy atom. The molecular formula is C19H19FN4O2S. The molecule has 0 fully saturated rings. The maximum absolute atomic E-state index is 14.1. The molecule has 1 atom stereocenters. The molecule has 0 saturated carbocycles. The normalized spacial score (nSPS) is 19.5. The molecule has 3 rings (SSSR count). The number of carbonyl (C=O) groups is 1. The number of ether oxygens (including phenoxy) is 1. The Morgan fingerprint density at radius 3 is 2.89 bits per heavy atom. The van der Waals surface area contributed by atoms with E-state index in [1.165, 1.54) is 25.1 Å². The number of rotatable bonds is 5. The zero-order chi connectivity index (χ0) is 19.6. The Bertz CT molecular complexity index is 947. The van der Waals surface area contributed by atoms with Gasteiger partial charge in [-0.3, -0.25) is 9.78 Å². The summed E-state index contributed by atoms with van der Waals surface area (Å²) in [6.07, 6.45) is 3.52. The van der Waals surface area contributed by atoms with Gasteiger partial charge in [0.1, 0.15) is 17.0 Å². The number of nitrogens with zero attached hydrogens (tertiary/aromatic N) is 3. The Hall–Kier alpha value is -2.74. The van der Waals surface area contributed by atoms with Gasteiger partial charge >= 0.3 is 0 Å². The number of aliphatic imine (C=N–C) groups is 1. The van der Waals surface area contributed by atoms with E-state index in [2.05, 4.69) is 21.5 Å². The predicted octanol–water partition coefficient (Wildman–Crippen LogP) is 3.23. The highest BCUT2D eigenvalue weighted by molar-refractivity contribution is 8.17. The van der Waals surface area contributed by atoms with Crippen LogP contribution in [-0.2, 0) is 12.0 Å². The molecule has 140 valence electrons. The standard InChI is InChI=1S/C19H19FN4O2S/c1-11-9-19(2,24-18(21)27-11)16-7-12(4-5-22-16)6-15(25)17-14(20)8-13(26-3)10-23-17/h4-5,7-8,10H,1,6,9H2,2-3H3,(H2,21,24)/t19-/m0/s1. The molecular weight excluding hydrogens is 367 g/mol. The molecule has 1 aliphatic rings. The smallest absolute Gasteiger partial charge is 0.188 e. The Kier molecular flexibility index (Phi) is 5.27. The first-order valence-corrected chi connectivity index (χ1v) is 9.01.